The first-order valence-electron chi connectivity index (χ1n) is 9.98. The fourth-order valence-corrected chi connectivity index (χ4v) is 3.82. The second-order valence-corrected chi connectivity index (χ2v) is 7.39. The number of anilines is 2. The van der Waals surface area contributed by atoms with Gasteiger partial charge in [-0.05, 0) is 49.6 Å². The Labute approximate surface area is 170 Å². The minimum atomic E-state index is -0.502. The molecule has 6 nitrogen and oxygen atoms in total. The molecule has 1 aliphatic heterocycles. The molecular formula is C23H25N3O3. The summed E-state index contributed by atoms with van der Waals surface area (Å²) in [5, 5.41) is 3.59. The molecular weight excluding hydrogens is 366 g/mol. The topological polar surface area (TPSA) is 63.6 Å². The number of nitrogens with one attached hydrogen (secondary N) is 1. The third-order valence-corrected chi connectivity index (χ3v) is 5.32. The lowest BCUT2D eigenvalue weighted by Gasteiger charge is -2.28. The number of aromatic nitrogens is 1. The van der Waals surface area contributed by atoms with Gasteiger partial charge in [-0.25, -0.2) is 4.79 Å². The second kappa shape index (κ2) is 8.39. The molecule has 6 heteroatoms. The van der Waals surface area contributed by atoms with E-state index in [4.69, 9.17) is 4.74 Å². The van der Waals surface area contributed by atoms with E-state index in [-0.39, 0.29) is 12.5 Å². The summed E-state index contributed by atoms with van der Waals surface area (Å²) in [5.74, 6) is -0.860. The van der Waals surface area contributed by atoms with Gasteiger partial charge in [0.15, 0.2) is 6.61 Å². The van der Waals surface area contributed by atoms with Crippen LogP contribution in [0, 0.1) is 0 Å². The number of hydrogen-bond donors (Lipinski definition) is 1. The third kappa shape index (κ3) is 4.26. The number of para-hydroxylation sites is 1. The molecule has 0 unspecified atom stereocenters. The highest BCUT2D eigenvalue weighted by Crippen LogP contribution is 2.22. The molecule has 1 saturated heterocycles. The maximum atomic E-state index is 12.4. The minimum absolute atomic E-state index is 0.323. The zero-order valence-electron chi connectivity index (χ0n) is 16.6. The fraction of sp³-hybridized carbons (Fsp3) is 0.304. The number of carbonyl (C=O) groups excluding carboxylic acids is 2. The number of piperidine rings is 1. The number of ether oxygens (including phenoxy) is 1. The molecule has 1 aromatic heterocycles. The molecule has 1 fully saturated rings. The van der Waals surface area contributed by atoms with Crippen LogP contribution in [0.25, 0.3) is 10.9 Å². The lowest BCUT2D eigenvalue weighted by Crippen LogP contribution is -2.29. The molecule has 0 spiro atoms. The number of esters is 1. The minimum Gasteiger partial charge on any atom is -0.452 e. The van der Waals surface area contributed by atoms with E-state index in [2.05, 4.69) is 10.2 Å². The van der Waals surface area contributed by atoms with Crippen LogP contribution in [-0.4, -0.2) is 36.1 Å². The van der Waals surface area contributed by atoms with Gasteiger partial charge < -0.3 is 19.5 Å². The van der Waals surface area contributed by atoms with Crippen molar-refractivity contribution in [1.29, 1.82) is 0 Å². The number of fused-ring (bicyclic) bond motifs is 1. The monoisotopic (exact) mass is 391 g/mol. The van der Waals surface area contributed by atoms with Gasteiger partial charge >= 0.3 is 5.97 Å². The van der Waals surface area contributed by atoms with Crippen LogP contribution in [0.3, 0.4) is 0 Å². The predicted molar refractivity (Wildman–Crippen MR) is 114 cm³/mol. The number of aryl methyl sites for hydroxylation is 1. The van der Waals surface area contributed by atoms with Gasteiger partial charge in [-0.2, -0.15) is 0 Å². The summed E-state index contributed by atoms with van der Waals surface area (Å²) in [4.78, 5) is 27.0. The van der Waals surface area contributed by atoms with Crippen molar-refractivity contribution in [2.75, 3.05) is 29.9 Å². The summed E-state index contributed by atoms with van der Waals surface area (Å²) in [6.45, 7) is 1.83. The first kappa shape index (κ1) is 19.1. The summed E-state index contributed by atoms with van der Waals surface area (Å²) in [6, 6.07) is 15.4. The average Bonchev–Trinajstić information content (AvgIpc) is 3.10. The predicted octanol–water partition coefficient (Wildman–Crippen LogP) is 3.96. The van der Waals surface area contributed by atoms with Gasteiger partial charge in [0, 0.05) is 48.6 Å². The highest BCUT2D eigenvalue weighted by atomic mass is 16.5. The van der Waals surface area contributed by atoms with Gasteiger partial charge in [0.05, 0.1) is 5.56 Å². The summed E-state index contributed by atoms with van der Waals surface area (Å²) >= 11 is 0. The van der Waals surface area contributed by atoms with Gasteiger partial charge in [-0.1, -0.05) is 18.2 Å². The number of nitrogens with zero attached hydrogens (tertiary/aromatic N) is 2. The van der Waals surface area contributed by atoms with Crippen molar-refractivity contribution in [3.63, 3.8) is 0 Å². The normalized spacial score (nSPS) is 14.0. The van der Waals surface area contributed by atoms with Crippen molar-refractivity contribution in [2.45, 2.75) is 19.3 Å². The smallest absolute Gasteiger partial charge is 0.340 e. The van der Waals surface area contributed by atoms with E-state index >= 15 is 0 Å². The van der Waals surface area contributed by atoms with Crippen LogP contribution in [-0.2, 0) is 16.6 Å². The highest BCUT2D eigenvalue weighted by Gasteiger charge is 2.16. The Bertz CT molecular complexity index is 1020. The van der Waals surface area contributed by atoms with E-state index in [1.54, 1.807) is 6.20 Å². The molecule has 0 bridgehead atoms. The third-order valence-electron chi connectivity index (χ3n) is 5.32. The van der Waals surface area contributed by atoms with Gasteiger partial charge in [-0.3, -0.25) is 4.79 Å². The van der Waals surface area contributed by atoms with Crippen LogP contribution in [0.15, 0.2) is 54.7 Å². The molecule has 3 aromatic rings. The number of carbonyl (C=O) groups is 2. The van der Waals surface area contributed by atoms with Crippen molar-refractivity contribution in [3.05, 3.63) is 60.3 Å². The first-order valence-corrected chi connectivity index (χ1v) is 9.98. The lowest BCUT2D eigenvalue weighted by atomic mass is 10.1. The highest BCUT2D eigenvalue weighted by molar-refractivity contribution is 6.05. The molecule has 0 aliphatic carbocycles. The second-order valence-electron chi connectivity index (χ2n) is 7.39. The Morgan fingerprint density at radius 2 is 1.72 bits per heavy atom. The fourth-order valence-electron chi connectivity index (χ4n) is 3.82. The molecule has 1 amide bonds. The van der Waals surface area contributed by atoms with Crippen LogP contribution >= 0.6 is 0 Å². The van der Waals surface area contributed by atoms with E-state index in [0.29, 0.717) is 11.3 Å². The van der Waals surface area contributed by atoms with E-state index in [1.807, 2.05) is 60.1 Å². The molecule has 1 N–H and O–H groups in total. The summed E-state index contributed by atoms with van der Waals surface area (Å²) in [5.41, 5.74) is 3.27. The number of amides is 1. The molecule has 0 atom stereocenters. The van der Waals surface area contributed by atoms with Crippen LogP contribution in [0.5, 0.6) is 0 Å². The number of rotatable bonds is 5. The van der Waals surface area contributed by atoms with E-state index in [1.165, 1.54) is 24.9 Å². The summed E-state index contributed by atoms with van der Waals surface area (Å²) < 4.78 is 7.10. The lowest BCUT2D eigenvalue weighted by molar-refractivity contribution is -0.119. The molecule has 2 aromatic carbocycles. The Hall–Kier alpha value is -3.28. The number of benzene rings is 2. The van der Waals surface area contributed by atoms with Crippen LogP contribution in [0.4, 0.5) is 11.4 Å². The Morgan fingerprint density at radius 3 is 2.48 bits per heavy atom. The van der Waals surface area contributed by atoms with E-state index < -0.39 is 5.97 Å². The van der Waals surface area contributed by atoms with Gasteiger partial charge in [0.25, 0.3) is 5.91 Å². The molecule has 4 rings (SSSR count). The zero-order valence-corrected chi connectivity index (χ0v) is 16.6. The first-order chi connectivity index (χ1) is 14.1. The maximum Gasteiger partial charge on any atom is 0.340 e. The van der Waals surface area contributed by atoms with E-state index in [9.17, 15) is 9.59 Å². The molecule has 1 aliphatic rings. The van der Waals surface area contributed by atoms with Crippen molar-refractivity contribution >= 4 is 34.2 Å². The molecule has 2 heterocycles. The molecule has 29 heavy (non-hydrogen) atoms. The van der Waals surface area contributed by atoms with Crippen LogP contribution in [0.1, 0.15) is 29.6 Å². The van der Waals surface area contributed by atoms with Gasteiger partial charge in [0.2, 0.25) is 0 Å². The Kier molecular flexibility index (Phi) is 5.51. The van der Waals surface area contributed by atoms with Crippen molar-refractivity contribution < 1.29 is 14.3 Å². The standard InChI is InChI=1S/C23H25N3O3/c1-25-15-20(19-7-3-4-8-21(19)25)23(28)29-16-22(27)24-17-9-11-18(12-10-17)26-13-5-2-6-14-26/h3-4,7-12,15H,2,5-6,13-14,16H2,1H3,(H,24,27). The van der Waals surface area contributed by atoms with Crippen LogP contribution in [0.2, 0.25) is 0 Å². The molecule has 0 saturated carbocycles. The Balaban J connectivity index is 1.33. The molecule has 0 radical (unpaired) electrons. The van der Waals surface area contributed by atoms with Gasteiger partial charge in [-0.15, -0.1) is 0 Å². The maximum absolute atomic E-state index is 12.4. The number of hydrogen-bond acceptors (Lipinski definition) is 4. The quantitative estimate of drug-likeness (QED) is 0.669. The largest absolute Gasteiger partial charge is 0.452 e. The SMILES string of the molecule is Cn1cc(C(=O)OCC(=O)Nc2ccc(N3CCCCC3)cc2)c2ccccc21. The molecule has 150 valence electrons. The van der Waals surface area contributed by atoms with Crippen molar-refractivity contribution in [1.82, 2.24) is 4.57 Å². The summed E-state index contributed by atoms with van der Waals surface area (Å²) in [7, 11) is 1.87. The van der Waals surface area contributed by atoms with Crippen molar-refractivity contribution in [2.24, 2.45) is 7.05 Å². The van der Waals surface area contributed by atoms with Crippen molar-refractivity contribution in [3.8, 4) is 0 Å². The zero-order chi connectivity index (χ0) is 20.2. The average molecular weight is 391 g/mol. The van der Waals surface area contributed by atoms with Gasteiger partial charge in [0.1, 0.15) is 0 Å². The van der Waals surface area contributed by atoms with E-state index in [0.717, 1.165) is 24.0 Å². The Morgan fingerprint density at radius 1 is 1.00 bits per heavy atom. The van der Waals surface area contributed by atoms with Crippen LogP contribution < -0.4 is 10.2 Å². The summed E-state index contributed by atoms with van der Waals surface area (Å²) in [6.07, 6.45) is 5.47.